The molecule has 6 rings (SSSR count). The lowest BCUT2D eigenvalue weighted by Gasteiger charge is -2.40. The molecule has 2 aromatic carbocycles. The second-order valence-electron chi connectivity index (χ2n) is 13.5. The van der Waals surface area contributed by atoms with Gasteiger partial charge in [0.2, 0.25) is 11.8 Å². The zero-order valence-electron chi connectivity index (χ0n) is 28.0. The summed E-state index contributed by atoms with van der Waals surface area (Å²) in [5, 5.41) is 13.6. The number of hydrogen-bond donors (Lipinski definition) is 2. The van der Waals surface area contributed by atoms with Crippen molar-refractivity contribution in [3.63, 3.8) is 0 Å². The molecule has 2 fully saturated rings. The van der Waals surface area contributed by atoms with Crippen LogP contribution in [0.1, 0.15) is 55.9 Å². The first-order chi connectivity index (χ1) is 23.1. The summed E-state index contributed by atoms with van der Waals surface area (Å²) in [5.74, 6) is -3.82. The number of amides is 3. The van der Waals surface area contributed by atoms with Crippen LogP contribution < -0.4 is 10.2 Å². The van der Waals surface area contributed by atoms with Crippen molar-refractivity contribution in [3.8, 4) is 0 Å². The molecule has 0 aromatic heterocycles. The molecule has 0 aliphatic carbocycles. The van der Waals surface area contributed by atoms with Crippen LogP contribution in [-0.2, 0) is 28.7 Å². The summed E-state index contributed by atoms with van der Waals surface area (Å²) in [6.07, 6.45) is 7.00. The number of likely N-dealkylation sites (tertiary alicyclic amines) is 1. The van der Waals surface area contributed by atoms with Gasteiger partial charge < -0.3 is 29.7 Å². The standard InChI is InChI=1S/C38H45N3O7/c1-5-24(3)28(22-42)41-34-36(45)40(27-20-23(2)15-16-25(27)4)19-11-7-10-14-31(43)39-21-30(26-12-8-6-9-13-26)47-37(46)32-29-17-18-38(34,48-29)33(32)35(41)44/h6-9,11-13,15-18,20,24,28-30,32-34,42H,5,10,14,19,21-22H2,1-4H3,(H,39,43)/b11-7-/t24-,28-,29+,30+,32-,33-,34+,38-/m0/s1. The minimum Gasteiger partial charge on any atom is -0.455 e. The molecule has 3 amide bonds. The smallest absolute Gasteiger partial charge is 0.313 e. The largest absolute Gasteiger partial charge is 0.455 e. The Balaban J connectivity index is 1.49. The van der Waals surface area contributed by atoms with E-state index in [1.54, 1.807) is 17.1 Å². The fourth-order valence-corrected chi connectivity index (χ4v) is 7.71. The summed E-state index contributed by atoms with van der Waals surface area (Å²) in [6.45, 7) is 7.70. The van der Waals surface area contributed by atoms with Crippen LogP contribution in [0.4, 0.5) is 5.69 Å². The fraction of sp³-hybridized carbons (Fsp3) is 0.474. The summed E-state index contributed by atoms with van der Waals surface area (Å²) in [7, 11) is 0. The zero-order valence-corrected chi connectivity index (χ0v) is 28.0. The summed E-state index contributed by atoms with van der Waals surface area (Å²) >= 11 is 0. The Bertz CT molecular complexity index is 1620. The average molecular weight is 656 g/mol. The van der Waals surface area contributed by atoms with Crippen molar-refractivity contribution in [3.05, 3.63) is 89.5 Å². The van der Waals surface area contributed by atoms with E-state index in [1.165, 1.54) is 4.90 Å². The Labute approximate surface area is 281 Å². The van der Waals surface area contributed by atoms with Crippen LogP contribution in [0.15, 0.2) is 72.8 Å². The van der Waals surface area contributed by atoms with Crippen LogP contribution in [0.2, 0.25) is 0 Å². The third-order valence-electron chi connectivity index (χ3n) is 10.5. The highest BCUT2D eigenvalue weighted by Gasteiger charge is 2.74. The number of rotatable bonds is 6. The lowest BCUT2D eigenvalue weighted by Crippen LogP contribution is -2.59. The molecule has 2 saturated heterocycles. The van der Waals surface area contributed by atoms with Crippen LogP contribution in [0, 0.1) is 31.6 Å². The highest BCUT2D eigenvalue weighted by molar-refractivity contribution is 6.06. The van der Waals surface area contributed by atoms with Gasteiger partial charge in [-0.3, -0.25) is 19.2 Å². The molecule has 254 valence electrons. The van der Waals surface area contributed by atoms with Gasteiger partial charge in [0, 0.05) is 18.7 Å². The van der Waals surface area contributed by atoms with Crippen LogP contribution in [0.5, 0.6) is 0 Å². The van der Waals surface area contributed by atoms with E-state index in [0.717, 1.165) is 11.1 Å². The Morgan fingerprint density at radius 3 is 2.54 bits per heavy atom. The lowest BCUT2D eigenvalue weighted by molar-refractivity contribution is -0.160. The fourth-order valence-electron chi connectivity index (χ4n) is 7.71. The van der Waals surface area contributed by atoms with Gasteiger partial charge in [-0.05, 0) is 48.9 Å². The predicted octanol–water partition coefficient (Wildman–Crippen LogP) is 3.94. The van der Waals surface area contributed by atoms with Crippen LogP contribution in [-0.4, -0.2) is 77.2 Å². The molecule has 1 spiro atoms. The van der Waals surface area contributed by atoms with Crippen molar-refractivity contribution >= 4 is 29.4 Å². The maximum Gasteiger partial charge on any atom is 0.313 e. The number of aliphatic hydroxyl groups excluding tert-OH is 1. The molecular weight excluding hydrogens is 610 g/mol. The Morgan fingerprint density at radius 1 is 1.04 bits per heavy atom. The molecule has 2 aromatic rings. The minimum absolute atomic E-state index is 0.0599. The number of nitrogens with one attached hydrogen (secondary N) is 1. The van der Waals surface area contributed by atoms with Gasteiger partial charge in [0.1, 0.15) is 23.7 Å². The number of allylic oxidation sites excluding steroid dienone is 1. The van der Waals surface area contributed by atoms with Gasteiger partial charge in [0.05, 0.1) is 31.2 Å². The molecule has 4 aliphatic heterocycles. The van der Waals surface area contributed by atoms with Crippen molar-refractivity contribution in [2.24, 2.45) is 17.8 Å². The van der Waals surface area contributed by atoms with E-state index in [4.69, 9.17) is 9.47 Å². The molecular formula is C38H45N3O7. The monoisotopic (exact) mass is 655 g/mol. The molecule has 48 heavy (non-hydrogen) atoms. The highest BCUT2D eigenvalue weighted by atomic mass is 16.6. The first kappa shape index (κ1) is 33.6. The third-order valence-corrected chi connectivity index (χ3v) is 10.5. The van der Waals surface area contributed by atoms with Gasteiger partial charge in [0.25, 0.3) is 5.91 Å². The van der Waals surface area contributed by atoms with E-state index in [0.29, 0.717) is 24.1 Å². The van der Waals surface area contributed by atoms with E-state index < -0.39 is 53.6 Å². The maximum absolute atomic E-state index is 15.2. The summed E-state index contributed by atoms with van der Waals surface area (Å²) in [6, 6.07) is 13.2. The van der Waals surface area contributed by atoms with Gasteiger partial charge in [-0.15, -0.1) is 0 Å². The molecule has 0 saturated carbocycles. The molecule has 4 aliphatic rings. The molecule has 0 unspecified atom stereocenters. The Kier molecular flexibility index (Phi) is 9.58. The first-order valence-corrected chi connectivity index (χ1v) is 17.0. The molecule has 8 atom stereocenters. The van der Waals surface area contributed by atoms with Crippen LogP contribution in [0.3, 0.4) is 0 Å². The number of nitrogens with zero attached hydrogens (tertiary/aromatic N) is 2. The van der Waals surface area contributed by atoms with E-state index >= 15 is 4.79 Å². The summed E-state index contributed by atoms with van der Waals surface area (Å²) in [4.78, 5) is 60.1. The highest BCUT2D eigenvalue weighted by Crippen LogP contribution is 2.56. The van der Waals surface area contributed by atoms with E-state index in [9.17, 15) is 19.5 Å². The number of anilines is 1. The number of benzene rings is 2. The molecule has 2 N–H and O–H groups in total. The summed E-state index contributed by atoms with van der Waals surface area (Å²) < 4.78 is 12.7. The van der Waals surface area contributed by atoms with Gasteiger partial charge in [-0.2, -0.15) is 0 Å². The van der Waals surface area contributed by atoms with Crippen molar-refractivity contribution in [2.45, 2.75) is 76.9 Å². The Hall–Kier alpha value is -4.28. The number of esters is 1. The number of aryl methyl sites for hydroxylation is 2. The zero-order chi connectivity index (χ0) is 34.2. The number of cyclic esters (lactones) is 1. The van der Waals surface area contributed by atoms with E-state index in [-0.39, 0.29) is 43.8 Å². The second kappa shape index (κ2) is 13.7. The Morgan fingerprint density at radius 2 is 1.81 bits per heavy atom. The van der Waals surface area contributed by atoms with Crippen molar-refractivity contribution in [1.29, 1.82) is 0 Å². The van der Waals surface area contributed by atoms with Crippen molar-refractivity contribution < 1.29 is 33.8 Å². The van der Waals surface area contributed by atoms with Crippen LogP contribution >= 0.6 is 0 Å². The normalized spacial score (nSPS) is 31.0. The van der Waals surface area contributed by atoms with Gasteiger partial charge in [-0.1, -0.05) is 87.0 Å². The average Bonchev–Trinajstić information content (AvgIpc) is 3.73. The SMILES string of the molecule is CC[C@H](C)[C@H](CO)N1C(=O)[C@@H]2[C@H]3C(=O)O[C@@H](c4ccccc4)CNC(=O)CC/C=C\CN(c4cc(C)ccc4C)C(=O)[C@@H]1[C@]21C=C[C@H]3O1. The molecule has 10 heteroatoms. The second-order valence-corrected chi connectivity index (χ2v) is 13.5. The molecule has 0 radical (unpaired) electrons. The number of carbonyl (C=O) groups excluding carboxylic acids is 4. The molecule has 4 heterocycles. The van der Waals surface area contributed by atoms with Gasteiger partial charge >= 0.3 is 5.97 Å². The van der Waals surface area contributed by atoms with E-state index in [2.05, 4.69) is 5.32 Å². The van der Waals surface area contributed by atoms with Gasteiger partial charge in [-0.25, -0.2) is 0 Å². The van der Waals surface area contributed by atoms with Crippen molar-refractivity contribution in [2.75, 3.05) is 24.6 Å². The maximum atomic E-state index is 15.2. The number of aliphatic hydroxyl groups is 1. The lowest BCUT2D eigenvalue weighted by atomic mass is 9.74. The topological polar surface area (TPSA) is 125 Å². The molecule has 5 bridgehead atoms. The minimum atomic E-state index is -1.44. The number of hydrogen-bond acceptors (Lipinski definition) is 7. The number of carbonyl (C=O) groups is 4. The number of fused-ring (bicyclic) bond motifs is 2. The van der Waals surface area contributed by atoms with Crippen LogP contribution in [0.25, 0.3) is 0 Å². The van der Waals surface area contributed by atoms with E-state index in [1.807, 2.05) is 88.4 Å². The first-order valence-electron chi connectivity index (χ1n) is 17.0. The predicted molar refractivity (Wildman–Crippen MR) is 180 cm³/mol. The summed E-state index contributed by atoms with van der Waals surface area (Å²) in [5.41, 5.74) is 1.79. The number of ether oxygens (including phenoxy) is 2. The third kappa shape index (κ3) is 5.85. The van der Waals surface area contributed by atoms with Gasteiger partial charge in [0.15, 0.2) is 0 Å². The molecule has 10 nitrogen and oxygen atoms in total. The quantitative estimate of drug-likeness (QED) is 0.357. The van der Waals surface area contributed by atoms with Crippen molar-refractivity contribution in [1.82, 2.24) is 10.2 Å².